The van der Waals surface area contributed by atoms with E-state index in [0.717, 1.165) is 6.16 Å². The third kappa shape index (κ3) is 2.66. The predicted octanol–water partition coefficient (Wildman–Crippen LogP) is 1.95. The Morgan fingerprint density at radius 2 is 2.17 bits per heavy atom. The third-order valence-corrected chi connectivity index (χ3v) is 2.76. The van der Waals surface area contributed by atoms with Crippen LogP contribution >= 0.6 is 7.92 Å². The fourth-order valence-electron chi connectivity index (χ4n) is 0.158. The molecule has 0 nitrogen and oxygen atoms in total. The first-order valence-electron chi connectivity index (χ1n) is 2.29. The Balaban J connectivity index is 2.75. The summed E-state index contributed by atoms with van der Waals surface area (Å²) in [7, 11) is 0.313. The molecule has 0 aliphatic rings. The SMILES string of the molecule is [CH2]CP(C)CC. The average molecular weight is 103 g/mol. The highest BCUT2D eigenvalue weighted by atomic mass is 31.1. The highest BCUT2D eigenvalue weighted by molar-refractivity contribution is 7.56. The first-order chi connectivity index (χ1) is 2.81. The lowest BCUT2D eigenvalue weighted by molar-refractivity contribution is 1.47. The summed E-state index contributed by atoms with van der Waals surface area (Å²) in [6.45, 7) is 8.28. The largest absolute Gasteiger partial charge is 0.110 e. The van der Waals surface area contributed by atoms with E-state index in [2.05, 4.69) is 20.5 Å². The van der Waals surface area contributed by atoms with Crippen LogP contribution in [0.4, 0.5) is 0 Å². The normalized spacial score (nSPS) is 10.0. The predicted molar refractivity (Wildman–Crippen MR) is 33.6 cm³/mol. The van der Waals surface area contributed by atoms with Crippen LogP contribution < -0.4 is 0 Å². The Morgan fingerprint density at radius 1 is 1.67 bits per heavy atom. The molecule has 0 saturated heterocycles. The maximum Gasteiger partial charge on any atom is -0.0328 e. The zero-order chi connectivity index (χ0) is 4.99. The molecule has 0 aromatic heterocycles. The van der Waals surface area contributed by atoms with Crippen LogP contribution in [0, 0.1) is 6.92 Å². The summed E-state index contributed by atoms with van der Waals surface area (Å²) in [4.78, 5) is 0. The van der Waals surface area contributed by atoms with Gasteiger partial charge in [0.25, 0.3) is 0 Å². The first-order valence-corrected chi connectivity index (χ1v) is 4.45. The van der Waals surface area contributed by atoms with Gasteiger partial charge in [-0.25, -0.2) is 0 Å². The summed E-state index contributed by atoms with van der Waals surface area (Å²) >= 11 is 0. The van der Waals surface area contributed by atoms with E-state index in [-0.39, 0.29) is 0 Å². The zero-order valence-electron chi connectivity index (χ0n) is 4.57. The molecular weight excluding hydrogens is 91.0 g/mol. The highest BCUT2D eigenvalue weighted by Gasteiger charge is 1.87. The summed E-state index contributed by atoms with van der Waals surface area (Å²) < 4.78 is 0. The first kappa shape index (κ1) is 6.43. The van der Waals surface area contributed by atoms with Crippen LogP contribution in [0.15, 0.2) is 0 Å². The van der Waals surface area contributed by atoms with Gasteiger partial charge in [0.05, 0.1) is 0 Å². The van der Waals surface area contributed by atoms with E-state index >= 15 is 0 Å². The molecule has 0 spiro atoms. The van der Waals surface area contributed by atoms with Crippen molar-refractivity contribution in [3.63, 3.8) is 0 Å². The van der Waals surface area contributed by atoms with Gasteiger partial charge in [0.2, 0.25) is 0 Å². The van der Waals surface area contributed by atoms with E-state index in [4.69, 9.17) is 0 Å². The maximum atomic E-state index is 3.79. The molecule has 0 aliphatic carbocycles. The highest BCUT2D eigenvalue weighted by Crippen LogP contribution is 2.27. The molecule has 0 saturated carbocycles. The van der Waals surface area contributed by atoms with Gasteiger partial charge < -0.3 is 0 Å². The van der Waals surface area contributed by atoms with E-state index < -0.39 is 0 Å². The Hall–Kier alpha value is 0.430. The van der Waals surface area contributed by atoms with E-state index in [1.165, 1.54) is 6.16 Å². The molecule has 0 aromatic rings. The lowest BCUT2D eigenvalue weighted by Gasteiger charge is -2.00. The minimum atomic E-state index is 0.313. The van der Waals surface area contributed by atoms with Gasteiger partial charge >= 0.3 is 0 Å². The second-order valence-corrected chi connectivity index (χ2v) is 4.19. The molecule has 0 fully saturated rings. The van der Waals surface area contributed by atoms with Gasteiger partial charge in [0.1, 0.15) is 0 Å². The Bertz CT molecular complexity index is 23.1. The molecule has 0 rings (SSSR count). The van der Waals surface area contributed by atoms with Gasteiger partial charge in [0.15, 0.2) is 0 Å². The second-order valence-electron chi connectivity index (χ2n) is 1.40. The van der Waals surface area contributed by atoms with Crippen molar-refractivity contribution in [1.82, 2.24) is 0 Å². The van der Waals surface area contributed by atoms with Gasteiger partial charge in [-0.05, 0) is 25.9 Å². The summed E-state index contributed by atoms with van der Waals surface area (Å²) in [5, 5.41) is 0. The molecule has 0 aromatic carbocycles. The fourth-order valence-corrected chi connectivity index (χ4v) is 0.474. The van der Waals surface area contributed by atoms with Crippen molar-refractivity contribution in [3.8, 4) is 0 Å². The average Bonchev–Trinajstić information content (AvgIpc) is 1.65. The smallest absolute Gasteiger partial charge is 0.0328 e. The lowest BCUT2D eigenvalue weighted by Crippen LogP contribution is -1.75. The number of hydrogen-bond donors (Lipinski definition) is 0. The van der Waals surface area contributed by atoms with Crippen molar-refractivity contribution in [3.05, 3.63) is 6.92 Å². The van der Waals surface area contributed by atoms with Crippen LogP contribution in [0.5, 0.6) is 0 Å². The number of hydrogen-bond acceptors (Lipinski definition) is 0. The molecule has 0 aliphatic heterocycles. The molecule has 1 radical (unpaired) electrons. The summed E-state index contributed by atoms with van der Waals surface area (Å²) in [6.07, 6.45) is 2.48. The van der Waals surface area contributed by atoms with E-state index in [0.29, 0.717) is 7.92 Å². The van der Waals surface area contributed by atoms with Crippen molar-refractivity contribution in [2.45, 2.75) is 6.92 Å². The Labute approximate surface area is 41.7 Å². The molecule has 0 amide bonds. The molecule has 1 heteroatoms. The van der Waals surface area contributed by atoms with Crippen molar-refractivity contribution in [2.75, 3.05) is 19.0 Å². The van der Waals surface area contributed by atoms with Crippen LogP contribution in [0.1, 0.15) is 6.92 Å². The molecule has 0 N–H and O–H groups in total. The van der Waals surface area contributed by atoms with Gasteiger partial charge in [-0.1, -0.05) is 6.92 Å². The standard InChI is InChI=1S/C5H12P/c1-4-6(3)5-2/h1,4-5H2,2-3H3. The Kier molecular flexibility index (Phi) is 3.87. The lowest BCUT2D eigenvalue weighted by atomic mass is 11.0. The molecular formula is C5H12P. The van der Waals surface area contributed by atoms with Gasteiger partial charge in [-0.3, -0.25) is 0 Å². The van der Waals surface area contributed by atoms with Gasteiger partial charge in [0, 0.05) is 0 Å². The molecule has 0 heterocycles. The van der Waals surface area contributed by atoms with E-state index in [1.807, 2.05) is 0 Å². The monoisotopic (exact) mass is 103 g/mol. The summed E-state index contributed by atoms with van der Waals surface area (Å²) in [5.74, 6) is 0. The quantitative estimate of drug-likeness (QED) is 0.468. The molecule has 0 bridgehead atoms. The van der Waals surface area contributed by atoms with Crippen molar-refractivity contribution in [1.29, 1.82) is 0 Å². The van der Waals surface area contributed by atoms with E-state index in [9.17, 15) is 0 Å². The topological polar surface area (TPSA) is 0 Å². The van der Waals surface area contributed by atoms with Crippen molar-refractivity contribution < 1.29 is 0 Å². The van der Waals surface area contributed by atoms with Crippen LogP contribution in [-0.2, 0) is 0 Å². The summed E-state index contributed by atoms with van der Waals surface area (Å²) in [5.41, 5.74) is 0. The molecule has 6 heavy (non-hydrogen) atoms. The Morgan fingerprint density at radius 3 is 2.17 bits per heavy atom. The van der Waals surface area contributed by atoms with Crippen LogP contribution in [0.2, 0.25) is 0 Å². The van der Waals surface area contributed by atoms with E-state index in [1.54, 1.807) is 0 Å². The van der Waals surface area contributed by atoms with Gasteiger partial charge in [-0.15, -0.1) is 7.92 Å². The van der Waals surface area contributed by atoms with Crippen LogP contribution in [0.3, 0.4) is 0 Å². The fraction of sp³-hybridized carbons (Fsp3) is 0.800. The molecule has 1 unspecified atom stereocenters. The van der Waals surface area contributed by atoms with Crippen LogP contribution in [-0.4, -0.2) is 19.0 Å². The summed E-state index contributed by atoms with van der Waals surface area (Å²) in [6, 6.07) is 0. The zero-order valence-corrected chi connectivity index (χ0v) is 5.46. The van der Waals surface area contributed by atoms with Crippen LogP contribution in [0.25, 0.3) is 0 Å². The molecule has 37 valence electrons. The van der Waals surface area contributed by atoms with Gasteiger partial charge in [-0.2, -0.15) is 0 Å². The minimum absolute atomic E-state index is 0.313. The molecule has 1 atom stereocenters. The number of rotatable bonds is 2. The van der Waals surface area contributed by atoms with Crippen molar-refractivity contribution in [2.24, 2.45) is 0 Å². The maximum absolute atomic E-state index is 3.79. The van der Waals surface area contributed by atoms with Crippen molar-refractivity contribution >= 4 is 7.92 Å². The second kappa shape index (κ2) is 3.61. The minimum Gasteiger partial charge on any atom is -0.110 e. The third-order valence-electron chi connectivity index (χ3n) is 0.922.